The van der Waals surface area contributed by atoms with Gasteiger partial charge in [0.25, 0.3) is 5.91 Å². The molecule has 1 fully saturated rings. The number of benzene rings is 3. The second-order valence-corrected chi connectivity index (χ2v) is 10.4. The van der Waals surface area contributed by atoms with Crippen LogP contribution in [0.5, 0.6) is 11.5 Å². The van der Waals surface area contributed by atoms with Gasteiger partial charge in [-0.05, 0) is 85.0 Å². The fraction of sp³-hybridized carbons (Fsp3) is 0.406. The minimum absolute atomic E-state index is 0.0757. The summed E-state index contributed by atoms with van der Waals surface area (Å²) in [5, 5.41) is 14.3. The van der Waals surface area contributed by atoms with E-state index in [1.807, 2.05) is 65.6 Å². The van der Waals surface area contributed by atoms with Crippen LogP contribution in [0.4, 0.5) is 0 Å². The molecule has 2 N–H and O–H groups in total. The molecule has 1 heterocycles. The van der Waals surface area contributed by atoms with E-state index in [1.165, 1.54) is 17.5 Å². The number of carbonyl (C=O) groups excluding carboxylic acids is 1. The molecule has 1 aliphatic carbocycles. The summed E-state index contributed by atoms with van der Waals surface area (Å²) in [6.07, 6.45) is 5.69. The summed E-state index contributed by atoms with van der Waals surface area (Å²) in [6, 6.07) is 24.2. The summed E-state index contributed by atoms with van der Waals surface area (Å²) >= 11 is 0. The van der Waals surface area contributed by atoms with Crippen LogP contribution >= 0.6 is 0 Å². The zero-order valence-corrected chi connectivity index (χ0v) is 22.0. The van der Waals surface area contributed by atoms with E-state index in [4.69, 9.17) is 9.47 Å². The second-order valence-electron chi connectivity index (χ2n) is 10.4. The normalized spacial score (nSPS) is 17.9. The third kappa shape index (κ3) is 7.15. The first-order chi connectivity index (χ1) is 18.6. The van der Waals surface area contributed by atoms with Crippen molar-refractivity contribution in [1.82, 2.24) is 10.2 Å². The number of nitrogens with zero attached hydrogens (tertiary/aromatic N) is 1. The number of hydrogen-bond acceptors (Lipinski definition) is 5. The average molecular weight is 515 g/mol. The lowest BCUT2D eigenvalue weighted by molar-refractivity contribution is -0.134. The molecule has 0 saturated carbocycles. The van der Waals surface area contributed by atoms with Gasteiger partial charge in [-0.3, -0.25) is 4.79 Å². The largest absolute Gasteiger partial charge is 0.489 e. The van der Waals surface area contributed by atoms with E-state index in [0.717, 1.165) is 67.8 Å². The molecule has 1 saturated heterocycles. The quantitative estimate of drug-likeness (QED) is 0.405. The van der Waals surface area contributed by atoms with E-state index in [0.29, 0.717) is 13.2 Å². The van der Waals surface area contributed by atoms with Crippen LogP contribution in [-0.2, 0) is 24.2 Å². The summed E-state index contributed by atoms with van der Waals surface area (Å²) in [4.78, 5) is 14.4. The Hall–Kier alpha value is -3.35. The number of hydrogen-bond donors (Lipinski definition) is 2. The monoisotopic (exact) mass is 514 g/mol. The highest BCUT2D eigenvalue weighted by molar-refractivity contribution is 5.77. The first kappa shape index (κ1) is 26.3. The summed E-state index contributed by atoms with van der Waals surface area (Å²) in [7, 11) is 0. The Bertz CT molecular complexity index is 1180. The molecule has 0 aromatic heterocycles. The molecule has 3 aromatic carbocycles. The predicted octanol–water partition coefficient (Wildman–Crippen LogP) is 4.84. The molecule has 200 valence electrons. The summed E-state index contributed by atoms with van der Waals surface area (Å²) < 4.78 is 11.7. The Morgan fingerprint density at radius 3 is 2.47 bits per heavy atom. The number of amides is 1. The first-order valence-electron chi connectivity index (χ1n) is 13.8. The smallest absolute Gasteiger partial charge is 0.260 e. The molecule has 0 radical (unpaired) electrons. The molecule has 0 spiro atoms. The molecule has 5 rings (SSSR count). The van der Waals surface area contributed by atoms with Crippen molar-refractivity contribution in [2.75, 3.05) is 26.2 Å². The standard InChI is InChI=1S/C32H38N2O4/c35-31(26-11-14-29(15-12-26)37-22-24-7-3-1-4-8-24)21-33-28-13-9-25-10-16-30(20-27(25)19-28)38-23-32(36)34-17-5-2-6-18-34/h1,3-4,7-8,10-12,14-16,20,28,31,33,35H,2,5-6,9,13,17-19,21-23H2/t28-,31-/m0/s1. The second kappa shape index (κ2) is 12.9. The minimum Gasteiger partial charge on any atom is -0.489 e. The number of piperidine rings is 1. The summed E-state index contributed by atoms with van der Waals surface area (Å²) in [5.41, 5.74) is 4.59. The molecule has 1 amide bonds. The van der Waals surface area contributed by atoms with Gasteiger partial charge in [-0.15, -0.1) is 0 Å². The Balaban J connectivity index is 1.08. The third-order valence-electron chi connectivity index (χ3n) is 7.59. The van der Waals surface area contributed by atoms with Crippen molar-refractivity contribution < 1.29 is 19.4 Å². The van der Waals surface area contributed by atoms with E-state index < -0.39 is 6.10 Å². The van der Waals surface area contributed by atoms with Gasteiger partial charge in [0.2, 0.25) is 0 Å². The van der Waals surface area contributed by atoms with Crippen molar-refractivity contribution in [3.8, 4) is 11.5 Å². The molecule has 1 aliphatic heterocycles. The zero-order valence-electron chi connectivity index (χ0n) is 22.0. The number of rotatable bonds is 10. The van der Waals surface area contributed by atoms with Gasteiger partial charge in [0.15, 0.2) is 6.61 Å². The van der Waals surface area contributed by atoms with E-state index >= 15 is 0 Å². The fourth-order valence-electron chi connectivity index (χ4n) is 5.30. The summed E-state index contributed by atoms with van der Waals surface area (Å²) in [5.74, 6) is 1.62. The molecule has 2 aliphatic rings. The van der Waals surface area contributed by atoms with Crippen molar-refractivity contribution in [2.24, 2.45) is 0 Å². The highest BCUT2D eigenvalue weighted by atomic mass is 16.5. The number of carbonyl (C=O) groups is 1. The van der Waals surface area contributed by atoms with Crippen LogP contribution in [0.3, 0.4) is 0 Å². The van der Waals surface area contributed by atoms with Gasteiger partial charge < -0.3 is 24.8 Å². The number of likely N-dealkylation sites (tertiary alicyclic amines) is 1. The number of aliphatic hydroxyl groups is 1. The van der Waals surface area contributed by atoms with Crippen LogP contribution in [-0.4, -0.2) is 48.2 Å². The Morgan fingerprint density at radius 1 is 0.921 bits per heavy atom. The van der Waals surface area contributed by atoms with Crippen molar-refractivity contribution in [3.63, 3.8) is 0 Å². The van der Waals surface area contributed by atoms with Crippen LogP contribution in [0.15, 0.2) is 72.8 Å². The molecule has 3 aromatic rings. The molecule has 0 bridgehead atoms. The average Bonchev–Trinajstić information content (AvgIpc) is 2.98. The van der Waals surface area contributed by atoms with E-state index in [-0.39, 0.29) is 18.6 Å². The van der Waals surface area contributed by atoms with Crippen molar-refractivity contribution in [2.45, 2.75) is 57.3 Å². The van der Waals surface area contributed by atoms with Crippen LogP contribution in [0.25, 0.3) is 0 Å². The predicted molar refractivity (Wildman–Crippen MR) is 148 cm³/mol. The maximum Gasteiger partial charge on any atom is 0.260 e. The molecular formula is C32H38N2O4. The van der Waals surface area contributed by atoms with Crippen molar-refractivity contribution in [1.29, 1.82) is 0 Å². The molecule has 2 atom stereocenters. The SMILES string of the molecule is O=C(COc1ccc2c(c1)C[C@@H](NC[C@H](O)c1ccc(OCc3ccccc3)cc1)CC2)N1CCCCC1. The van der Waals surface area contributed by atoms with Gasteiger partial charge in [0.05, 0.1) is 6.10 Å². The molecule has 6 heteroatoms. The lowest BCUT2D eigenvalue weighted by Crippen LogP contribution is -2.38. The van der Waals surface area contributed by atoms with E-state index in [1.54, 1.807) is 0 Å². The van der Waals surface area contributed by atoms with Gasteiger partial charge >= 0.3 is 0 Å². The van der Waals surface area contributed by atoms with Gasteiger partial charge in [0.1, 0.15) is 18.1 Å². The van der Waals surface area contributed by atoms with Crippen molar-refractivity contribution >= 4 is 5.91 Å². The minimum atomic E-state index is -0.588. The van der Waals surface area contributed by atoms with Gasteiger partial charge in [-0.2, -0.15) is 0 Å². The van der Waals surface area contributed by atoms with E-state index in [2.05, 4.69) is 17.4 Å². The molecular weight excluding hydrogens is 476 g/mol. The topological polar surface area (TPSA) is 71.0 Å². The van der Waals surface area contributed by atoms with Crippen LogP contribution in [0.1, 0.15) is 54.0 Å². The van der Waals surface area contributed by atoms with Crippen LogP contribution < -0.4 is 14.8 Å². The Morgan fingerprint density at radius 2 is 1.68 bits per heavy atom. The van der Waals surface area contributed by atoms with Gasteiger partial charge in [-0.1, -0.05) is 48.5 Å². The zero-order chi connectivity index (χ0) is 26.2. The number of aliphatic hydroxyl groups excluding tert-OH is 1. The lowest BCUT2D eigenvalue weighted by atomic mass is 9.88. The number of aryl methyl sites for hydroxylation is 1. The van der Waals surface area contributed by atoms with E-state index in [9.17, 15) is 9.90 Å². The maximum absolute atomic E-state index is 12.4. The Kier molecular flexibility index (Phi) is 8.94. The first-order valence-corrected chi connectivity index (χ1v) is 13.8. The lowest BCUT2D eigenvalue weighted by Gasteiger charge is -2.28. The van der Waals surface area contributed by atoms with Gasteiger partial charge in [-0.25, -0.2) is 0 Å². The molecule has 6 nitrogen and oxygen atoms in total. The summed E-state index contributed by atoms with van der Waals surface area (Å²) in [6.45, 7) is 2.80. The highest BCUT2D eigenvalue weighted by Gasteiger charge is 2.21. The number of ether oxygens (including phenoxy) is 2. The van der Waals surface area contributed by atoms with Gasteiger partial charge in [0, 0.05) is 25.7 Å². The maximum atomic E-state index is 12.4. The number of fused-ring (bicyclic) bond motifs is 1. The fourth-order valence-corrected chi connectivity index (χ4v) is 5.30. The highest BCUT2D eigenvalue weighted by Crippen LogP contribution is 2.26. The third-order valence-corrected chi connectivity index (χ3v) is 7.59. The Labute approximate surface area is 225 Å². The number of nitrogens with one attached hydrogen (secondary N) is 1. The van der Waals surface area contributed by atoms with Crippen LogP contribution in [0, 0.1) is 0 Å². The molecule has 0 unspecified atom stereocenters. The molecule has 38 heavy (non-hydrogen) atoms. The van der Waals surface area contributed by atoms with Crippen LogP contribution in [0.2, 0.25) is 0 Å². The van der Waals surface area contributed by atoms with Crippen molar-refractivity contribution in [3.05, 3.63) is 95.1 Å².